The highest BCUT2D eigenvalue weighted by Gasteiger charge is 2.10. The fourth-order valence-corrected chi connectivity index (χ4v) is 1.32. The molecule has 0 fully saturated rings. The molecular weight excluding hydrogens is 204 g/mol. The van der Waals surface area contributed by atoms with Gasteiger partial charge in [-0.1, -0.05) is 6.58 Å². The zero-order valence-corrected chi connectivity index (χ0v) is 10.8. The van der Waals surface area contributed by atoms with E-state index >= 15 is 0 Å². The van der Waals surface area contributed by atoms with E-state index in [1.54, 1.807) is 0 Å². The van der Waals surface area contributed by atoms with Crippen LogP contribution in [0.25, 0.3) is 0 Å². The maximum Gasteiger partial charge on any atom is 0.0558 e. The second-order valence-electron chi connectivity index (χ2n) is 5.08. The van der Waals surface area contributed by atoms with E-state index in [2.05, 4.69) is 32.7 Å². The highest BCUT2D eigenvalue weighted by atomic mass is 16.3. The Bertz CT molecular complexity index is 194. The summed E-state index contributed by atoms with van der Waals surface area (Å²) in [6.07, 6.45) is 0. The smallest absolute Gasteiger partial charge is 0.0558 e. The van der Waals surface area contributed by atoms with E-state index in [9.17, 15) is 0 Å². The zero-order chi connectivity index (χ0) is 12.6. The molecule has 4 nitrogen and oxygen atoms in total. The van der Waals surface area contributed by atoms with Crippen LogP contribution in [0.15, 0.2) is 12.2 Å². The number of rotatable bonds is 8. The molecule has 96 valence electrons. The fourth-order valence-electron chi connectivity index (χ4n) is 1.32. The molecule has 0 aliphatic rings. The average Bonchev–Trinajstić information content (AvgIpc) is 2.14. The Morgan fingerprint density at radius 1 is 1.19 bits per heavy atom. The summed E-state index contributed by atoms with van der Waals surface area (Å²) in [7, 11) is 0. The molecule has 0 aliphatic heterocycles. The SMILES string of the molecule is C=C(CNC(C)(C)C)CN(CCO)CCO. The Hall–Kier alpha value is -0.420. The molecule has 0 saturated carbocycles. The number of hydrogen-bond acceptors (Lipinski definition) is 4. The molecule has 0 rings (SSSR count). The summed E-state index contributed by atoms with van der Waals surface area (Å²) >= 11 is 0. The van der Waals surface area contributed by atoms with Gasteiger partial charge in [0.1, 0.15) is 0 Å². The average molecular weight is 230 g/mol. The first-order valence-corrected chi connectivity index (χ1v) is 5.75. The highest BCUT2D eigenvalue weighted by molar-refractivity contribution is 5.01. The van der Waals surface area contributed by atoms with E-state index in [0.717, 1.165) is 12.1 Å². The van der Waals surface area contributed by atoms with Gasteiger partial charge >= 0.3 is 0 Å². The molecule has 16 heavy (non-hydrogen) atoms. The summed E-state index contributed by atoms with van der Waals surface area (Å²) in [5.41, 5.74) is 1.15. The van der Waals surface area contributed by atoms with Gasteiger partial charge in [-0.2, -0.15) is 0 Å². The Morgan fingerprint density at radius 3 is 2.06 bits per heavy atom. The third kappa shape index (κ3) is 8.85. The fraction of sp³-hybridized carbons (Fsp3) is 0.833. The third-order valence-corrected chi connectivity index (χ3v) is 2.15. The maximum atomic E-state index is 8.87. The molecular formula is C12H26N2O2. The molecule has 0 aliphatic carbocycles. The highest BCUT2D eigenvalue weighted by Crippen LogP contribution is 2.01. The second-order valence-corrected chi connectivity index (χ2v) is 5.08. The van der Waals surface area contributed by atoms with Crippen LogP contribution in [-0.4, -0.2) is 60.0 Å². The lowest BCUT2D eigenvalue weighted by atomic mass is 10.1. The minimum absolute atomic E-state index is 0.0850. The van der Waals surface area contributed by atoms with Crippen molar-refractivity contribution in [3.8, 4) is 0 Å². The summed E-state index contributed by atoms with van der Waals surface area (Å²) in [5, 5.41) is 21.1. The predicted octanol–water partition coefficient (Wildman–Crippen LogP) is 0.217. The van der Waals surface area contributed by atoms with Crippen LogP contribution in [0.3, 0.4) is 0 Å². The molecule has 0 saturated heterocycles. The van der Waals surface area contributed by atoms with Gasteiger partial charge in [0.25, 0.3) is 0 Å². The van der Waals surface area contributed by atoms with Crippen molar-refractivity contribution in [2.75, 3.05) is 39.4 Å². The first-order valence-electron chi connectivity index (χ1n) is 5.75. The lowest BCUT2D eigenvalue weighted by Crippen LogP contribution is -2.39. The van der Waals surface area contributed by atoms with Gasteiger partial charge in [-0.15, -0.1) is 0 Å². The van der Waals surface area contributed by atoms with Gasteiger partial charge < -0.3 is 15.5 Å². The van der Waals surface area contributed by atoms with Crippen molar-refractivity contribution in [1.82, 2.24) is 10.2 Å². The molecule has 0 aromatic carbocycles. The normalized spacial score (nSPS) is 12.1. The zero-order valence-electron chi connectivity index (χ0n) is 10.8. The van der Waals surface area contributed by atoms with Crippen molar-refractivity contribution in [3.63, 3.8) is 0 Å². The van der Waals surface area contributed by atoms with Crippen LogP contribution in [0.5, 0.6) is 0 Å². The molecule has 0 aromatic heterocycles. The molecule has 0 unspecified atom stereocenters. The molecule has 0 atom stereocenters. The van der Waals surface area contributed by atoms with Crippen LogP contribution < -0.4 is 5.32 Å². The van der Waals surface area contributed by atoms with Gasteiger partial charge in [-0.25, -0.2) is 0 Å². The van der Waals surface area contributed by atoms with Gasteiger partial charge in [-0.05, 0) is 26.3 Å². The Balaban J connectivity index is 3.90. The molecule has 0 aromatic rings. The van der Waals surface area contributed by atoms with E-state index < -0.39 is 0 Å². The first-order chi connectivity index (χ1) is 7.39. The van der Waals surface area contributed by atoms with E-state index in [4.69, 9.17) is 10.2 Å². The van der Waals surface area contributed by atoms with E-state index in [0.29, 0.717) is 19.6 Å². The van der Waals surface area contributed by atoms with Crippen molar-refractivity contribution >= 4 is 0 Å². The Kier molecular flexibility index (Phi) is 7.58. The summed E-state index contributed by atoms with van der Waals surface area (Å²) < 4.78 is 0. The second kappa shape index (κ2) is 7.79. The lowest BCUT2D eigenvalue weighted by molar-refractivity contribution is 0.169. The topological polar surface area (TPSA) is 55.7 Å². The van der Waals surface area contributed by atoms with Crippen LogP contribution in [0.2, 0.25) is 0 Å². The molecule has 0 bridgehead atoms. The first kappa shape index (κ1) is 15.6. The Labute approximate surface area is 99.0 Å². The number of nitrogens with zero attached hydrogens (tertiary/aromatic N) is 1. The van der Waals surface area contributed by atoms with Crippen molar-refractivity contribution in [2.45, 2.75) is 26.3 Å². The Morgan fingerprint density at radius 2 is 1.69 bits per heavy atom. The molecule has 0 heterocycles. The molecule has 4 heteroatoms. The summed E-state index contributed by atoms with van der Waals surface area (Å²) in [6.45, 7) is 13.2. The van der Waals surface area contributed by atoms with Gasteiger partial charge in [-0.3, -0.25) is 4.90 Å². The van der Waals surface area contributed by atoms with Crippen molar-refractivity contribution in [1.29, 1.82) is 0 Å². The van der Waals surface area contributed by atoms with Crippen LogP contribution in [-0.2, 0) is 0 Å². The number of aliphatic hydroxyl groups is 2. The van der Waals surface area contributed by atoms with Crippen LogP contribution in [0.4, 0.5) is 0 Å². The van der Waals surface area contributed by atoms with Crippen LogP contribution in [0, 0.1) is 0 Å². The summed E-state index contributed by atoms with van der Waals surface area (Å²) in [5.74, 6) is 0. The quantitative estimate of drug-likeness (QED) is 0.522. The minimum atomic E-state index is 0.0850. The van der Waals surface area contributed by atoms with Crippen molar-refractivity contribution in [2.24, 2.45) is 0 Å². The van der Waals surface area contributed by atoms with Crippen molar-refractivity contribution in [3.05, 3.63) is 12.2 Å². The number of nitrogens with one attached hydrogen (secondary N) is 1. The molecule has 0 radical (unpaired) electrons. The monoisotopic (exact) mass is 230 g/mol. The van der Waals surface area contributed by atoms with Gasteiger partial charge in [0.15, 0.2) is 0 Å². The third-order valence-electron chi connectivity index (χ3n) is 2.15. The standard InChI is InChI=1S/C12H26N2O2/c1-11(9-13-12(2,3)4)10-14(5-7-15)6-8-16/h13,15-16H,1,5-10H2,2-4H3. The van der Waals surface area contributed by atoms with E-state index in [-0.39, 0.29) is 18.8 Å². The number of aliphatic hydroxyl groups excluding tert-OH is 2. The van der Waals surface area contributed by atoms with E-state index in [1.165, 1.54) is 0 Å². The van der Waals surface area contributed by atoms with Crippen LogP contribution >= 0.6 is 0 Å². The molecule has 3 N–H and O–H groups in total. The van der Waals surface area contributed by atoms with E-state index in [1.807, 2.05) is 4.90 Å². The molecule has 0 amide bonds. The van der Waals surface area contributed by atoms with Gasteiger partial charge in [0.2, 0.25) is 0 Å². The van der Waals surface area contributed by atoms with Gasteiger partial charge in [0.05, 0.1) is 13.2 Å². The van der Waals surface area contributed by atoms with Gasteiger partial charge in [0, 0.05) is 31.7 Å². The van der Waals surface area contributed by atoms with Crippen molar-refractivity contribution < 1.29 is 10.2 Å². The number of hydrogen-bond donors (Lipinski definition) is 3. The predicted molar refractivity (Wildman–Crippen MR) is 67.5 cm³/mol. The lowest BCUT2D eigenvalue weighted by Gasteiger charge is -2.25. The summed E-state index contributed by atoms with van der Waals surface area (Å²) in [6, 6.07) is 0. The summed E-state index contributed by atoms with van der Waals surface area (Å²) in [4.78, 5) is 1.99. The minimum Gasteiger partial charge on any atom is -0.395 e. The molecule has 0 spiro atoms. The largest absolute Gasteiger partial charge is 0.395 e. The van der Waals surface area contributed by atoms with Crippen LogP contribution in [0.1, 0.15) is 20.8 Å². The maximum absolute atomic E-state index is 8.87.